The average Bonchev–Trinajstić information content (AvgIpc) is 3.40. The number of H-pyrrole nitrogens is 1. The van der Waals surface area contributed by atoms with Crippen molar-refractivity contribution >= 4 is 34.5 Å². The van der Waals surface area contributed by atoms with E-state index in [1.807, 2.05) is 98.8 Å². The summed E-state index contributed by atoms with van der Waals surface area (Å²) in [6.45, 7) is 19.5. The lowest BCUT2D eigenvalue weighted by molar-refractivity contribution is 0.103. The summed E-state index contributed by atoms with van der Waals surface area (Å²) in [5.41, 5.74) is 6.30. The number of hydrogen-bond acceptors (Lipinski definition) is 4. The Balaban J connectivity index is 0.00000105. The summed E-state index contributed by atoms with van der Waals surface area (Å²) in [7, 11) is 0. The molecular weight excluding hydrogens is 492 g/mol. The zero-order valence-electron chi connectivity index (χ0n) is 23.7. The molecule has 0 aliphatic rings. The zero-order chi connectivity index (χ0) is 29.3. The molecule has 0 aliphatic heterocycles. The molecule has 204 valence electrons. The van der Waals surface area contributed by atoms with E-state index in [1.54, 1.807) is 12.3 Å². The van der Waals surface area contributed by atoms with Gasteiger partial charge in [-0.2, -0.15) is 5.10 Å². The van der Waals surface area contributed by atoms with Gasteiger partial charge in [0.15, 0.2) is 5.78 Å². The predicted octanol–water partition coefficient (Wildman–Crippen LogP) is 9.19. The number of fused-ring (bicyclic) bond motifs is 1. The highest BCUT2D eigenvalue weighted by Crippen LogP contribution is 2.23. The van der Waals surface area contributed by atoms with Gasteiger partial charge in [-0.3, -0.25) is 14.9 Å². The predicted molar refractivity (Wildman–Crippen MR) is 172 cm³/mol. The topological polar surface area (TPSA) is 70.7 Å². The van der Waals surface area contributed by atoms with Crippen LogP contribution >= 0.6 is 0 Å². The van der Waals surface area contributed by atoms with Crippen molar-refractivity contribution in [2.45, 2.75) is 27.2 Å². The summed E-state index contributed by atoms with van der Waals surface area (Å²) in [6.07, 6.45) is 14.4. The van der Waals surface area contributed by atoms with Crippen molar-refractivity contribution in [3.05, 3.63) is 151 Å². The van der Waals surface area contributed by atoms with Crippen LogP contribution < -0.4 is 5.32 Å². The molecule has 0 radical (unpaired) electrons. The second-order valence-electron chi connectivity index (χ2n) is 8.45. The van der Waals surface area contributed by atoms with E-state index in [-0.39, 0.29) is 5.78 Å². The number of ketones is 1. The Labute approximate surface area is 238 Å². The molecule has 0 saturated heterocycles. The molecule has 0 aliphatic carbocycles. The highest BCUT2D eigenvalue weighted by Gasteiger charge is 2.13. The van der Waals surface area contributed by atoms with Gasteiger partial charge in [-0.25, -0.2) is 0 Å². The van der Waals surface area contributed by atoms with Crippen molar-refractivity contribution in [1.29, 1.82) is 0 Å². The first-order valence-electron chi connectivity index (χ1n) is 13.1. The number of aromatic amines is 1. The lowest BCUT2D eigenvalue weighted by Crippen LogP contribution is -2.04. The molecule has 2 aromatic carbocycles. The third kappa shape index (κ3) is 8.77. The molecule has 40 heavy (non-hydrogen) atoms. The van der Waals surface area contributed by atoms with Gasteiger partial charge in [-0.1, -0.05) is 62.1 Å². The molecule has 4 aromatic rings. The first kappa shape index (κ1) is 31.2. The number of aromatic nitrogens is 3. The highest BCUT2D eigenvalue weighted by molar-refractivity contribution is 6.11. The molecule has 0 saturated carbocycles. The first-order chi connectivity index (χ1) is 19.5. The molecule has 0 fully saturated rings. The minimum atomic E-state index is -0.0564. The lowest BCUT2D eigenvalue weighted by atomic mass is 10.0. The van der Waals surface area contributed by atoms with Crippen molar-refractivity contribution in [1.82, 2.24) is 15.2 Å². The van der Waals surface area contributed by atoms with Crippen LogP contribution in [0, 0.1) is 0 Å². The van der Waals surface area contributed by atoms with Crippen LogP contribution in [-0.2, 0) is 0 Å². The van der Waals surface area contributed by atoms with Gasteiger partial charge in [0.05, 0.1) is 16.9 Å². The zero-order valence-corrected chi connectivity index (χ0v) is 23.7. The standard InChI is InChI=1S/C30H28N4O.C3H6.C2H4/c1-4-9-22(10-5-2)21(3)32-26-13-8-11-23(19-26)30(35)24-14-16-27-28(33-34-29(27)20-24)17-15-25-12-6-7-18-31-25;1-3-2;1-2/h4,6-20,32H,3,5H2,1-2H3,(H,33,34);3H,1H2,2H3;1-2H2/b9-4-,17-15+,22-10+;;. The van der Waals surface area contributed by atoms with E-state index in [4.69, 9.17) is 0 Å². The summed E-state index contributed by atoms with van der Waals surface area (Å²) >= 11 is 0. The summed E-state index contributed by atoms with van der Waals surface area (Å²) in [5.74, 6) is -0.0564. The number of nitrogens with one attached hydrogen (secondary N) is 2. The van der Waals surface area contributed by atoms with Crippen LogP contribution in [0.1, 0.15) is 54.5 Å². The molecule has 0 amide bonds. The summed E-state index contributed by atoms with van der Waals surface area (Å²) in [5, 5.41) is 11.7. The maximum Gasteiger partial charge on any atom is 0.193 e. The van der Waals surface area contributed by atoms with Gasteiger partial charge in [0.25, 0.3) is 0 Å². The molecule has 2 aromatic heterocycles. The first-order valence-corrected chi connectivity index (χ1v) is 13.1. The molecular formula is C35H38N4O. The molecule has 0 unspecified atom stereocenters. The van der Waals surface area contributed by atoms with E-state index in [0.29, 0.717) is 11.1 Å². The van der Waals surface area contributed by atoms with Crippen molar-refractivity contribution in [3.8, 4) is 0 Å². The number of rotatable bonds is 9. The van der Waals surface area contributed by atoms with Gasteiger partial charge < -0.3 is 5.32 Å². The van der Waals surface area contributed by atoms with Crippen molar-refractivity contribution in [2.75, 3.05) is 5.32 Å². The fourth-order valence-electron chi connectivity index (χ4n) is 3.79. The second-order valence-corrected chi connectivity index (χ2v) is 8.45. The van der Waals surface area contributed by atoms with Crippen LogP contribution in [0.3, 0.4) is 0 Å². The summed E-state index contributed by atoms with van der Waals surface area (Å²) < 4.78 is 0. The van der Waals surface area contributed by atoms with Crippen molar-refractivity contribution in [2.24, 2.45) is 0 Å². The number of pyridine rings is 1. The molecule has 2 N–H and O–H groups in total. The Morgan fingerprint density at radius 2 is 1.75 bits per heavy atom. The SMILES string of the molecule is C=C.C=C(Nc1cccc(C(=O)c2ccc3c(/C=C/c4ccccn4)n[nH]c3c2)c1)C(/C=C\C)=C/CC.C=CC. The Kier molecular flexibility index (Phi) is 13.1. The van der Waals surface area contributed by atoms with Gasteiger partial charge in [-0.15, -0.1) is 19.7 Å². The van der Waals surface area contributed by atoms with E-state index in [2.05, 4.69) is 59.8 Å². The monoisotopic (exact) mass is 530 g/mol. The van der Waals surface area contributed by atoms with Crippen molar-refractivity contribution in [3.63, 3.8) is 0 Å². The Bertz CT molecular complexity index is 1510. The van der Waals surface area contributed by atoms with E-state index in [9.17, 15) is 4.79 Å². The number of carbonyl (C=O) groups excluding carboxylic acids is 1. The van der Waals surface area contributed by atoms with E-state index < -0.39 is 0 Å². The smallest absolute Gasteiger partial charge is 0.193 e. The third-order valence-electron chi connectivity index (χ3n) is 5.49. The average molecular weight is 531 g/mol. The number of anilines is 1. The Morgan fingerprint density at radius 3 is 2.42 bits per heavy atom. The van der Waals surface area contributed by atoms with Gasteiger partial charge >= 0.3 is 0 Å². The van der Waals surface area contributed by atoms with Crippen LogP contribution in [0.5, 0.6) is 0 Å². The Hall–Kier alpha value is -5.03. The largest absolute Gasteiger partial charge is 0.356 e. The molecule has 0 atom stereocenters. The Morgan fingerprint density at radius 1 is 1.00 bits per heavy atom. The number of hydrogen-bond donors (Lipinski definition) is 2. The van der Waals surface area contributed by atoms with Gasteiger partial charge in [0, 0.05) is 34.1 Å². The van der Waals surface area contributed by atoms with Crippen LogP contribution in [0.4, 0.5) is 5.69 Å². The number of allylic oxidation sites excluding steroid dienone is 4. The van der Waals surface area contributed by atoms with E-state index in [0.717, 1.165) is 45.7 Å². The van der Waals surface area contributed by atoms with Gasteiger partial charge in [0.2, 0.25) is 0 Å². The number of carbonyl (C=O) groups is 1. The van der Waals surface area contributed by atoms with Crippen LogP contribution in [0.25, 0.3) is 23.1 Å². The van der Waals surface area contributed by atoms with E-state index >= 15 is 0 Å². The highest BCUT2D eigenvalue weighted by atomic mass is 16.1. The normalized spacial score (nSPS) is 10.9. The van der Waals surface area contributed by atoms with Crippen LogP contribution in [0.15, 0.2) is 129 Å². The molecule has 0 bridgehead atoms. The third-order valence-corrected chi connectivity index (χ3v) is 5.49. The number of benzene rings is 2. The fraction of sp³-hybridized carbons (Fsp3) is 0.114. The maximum absolute atomic E-state index is 13.3. The molecule has 2 heterocycles. The second kappa shape index (κ2) is 16.7. The molecule has 5 heteroatoms. The fourth-order valence-corrected chi connectivity index (χ4v) is 3.79. The number of nitrogens with zero attached hydrogens (tertiary/aromatic N) is 2. The minimum absolute atomic E-state index is 0.0564. The summed E-state index contributed by atoms with van der Waals surface area (Å²) in [6, 6.07) is 18.8. The lowest BCUT2D eigenvalue weighted by Gasteiger charge is -2.12. The van der Waals surface area contributed by atoms with E-state index in [1.165, 1.54) is 0 Å². The maximum atomic E-state index is 13.3. The van der Waals surface area contributed by atoms with Crippen LogP contribution in [-0.4, -0.2) is 21.0 Å². The minimum Gasteiger partial charge on any atom is -0.356 e. The quantitative estimate of drug-likeness (QED) is 0.129. The van der Waals surface area contributed by atoms with Crippen LogP contribution in [0.2, 0.25) is 0 Å². The summed E-state index contributed by atoms with van der Waals surface area (Å²) in [4.78, 5) is 17.6. The molecule has 0 spiro atoms. The van der Waals surface area contributed by atoms with Gasteiger partial charge in [-0.05, 0) is 74.4 Å². The van der Waals surface area contributed by atoms with Crippen molar-refractivity contribution < 1.29 is 4.79 Å². The van der Waals surface area contributed by atoms with Gasteiger partial charge in [0.1, 0.15) is 0 Å². The molecule has 4 rings (SSSR count). The molecule has 5 nitrogen and oxygen atoms in total.